The number of ketones is 4. The molecular weight excluding hydrogens is 1860 g/mol. The van der Waals surface area contributed by atoms with Crippen molar-refractivity contribution in [1.29, 1.82) is 15.8 Å². The minimum atomic E-state index is -1.21. The van der Waals surface area contributed by atoms with E-state index in [4.69, 9.17) is 124 Å². The Labute approximate surface area is 720 Å². The lowest BCUT2D eigenvalue weighted by molar-refractivity contribution is -0.139. The van der Waals surface area contributed by atoms with Crippen LogP contribution in [0.4, 0.5) is 22.0 Å². The van der Waals surface area contributed by atoms with E-state index in [-0.39, 0.29) is 100 Å². The molecule has 20 nitrogen and oxygen atoms in total. The Hall–Kier alpha value is -11.4. The van der Waals surface area contributed by atoms with Crippen molar-refractivity contribution in [3.63, 3.8) is 0 Å². The van der Waals surface area contributed by atoms with Gasteiger partial charge in [0.15, 0.2) is 29.7 Å². The van der Waals surface area contributed by atoms with E-state index in [1.165, 1.54) is 152 Å². The number of aliphatic carboxylic acids is 1. The molecule has 117 heavy (non-hydrogen) atoms. The summed E-state index contributed by atoms with van der Waals surface area (Å²) in [5.74, 6) is -6.14. The minimum Gasteiger partial charge on any atom is -0.507 e. The van der Waals surface area contributed by atoms with Crippen LogP contribution in [0.25, 0.3) is 0 Å². The van der Waals surface area contributed by atoms with Crippen molar-refractivity contribution in [1.82, 2.24) is 5.06 Å². The van der Waals surface area contributed by atoms with Gasteiger partial charge in [-0.05, 0) is 200 Å². The normalized spacial score (nSPS) is 9.92. The van der Waals surface area contributed by atoms with Crippen molar-refractivity contribution in [2.24, 2.45) is 0 Å². The Morgan fingerprint density at radius 2 is 0.641 bits per heavy atom. The van der Waals surface area contributed by atoms with E-state index in [0.717, 1.165) is 50.4 Å². The Morgan fingerprint density at radius 1 is 0.368 bits per heavy atom. The molecule has 0 saturated carbocycles. The average molecular weight is 1910 g/mol. The van der Waals surface area contributed by atoms with Gasteiger partial charge in [0.25, 0.3) is 5.91 Å². The predicted molar refractivity (Wildman–Crippen MR) is 439 cm³/mol. The summed E-state index contributed by atoms with van der Waals surface area (Å²) in [6, 6.07) is 50.5. The number of carbonyl (C=O) groups excluding carboxylic acids is 5. The Balaban J connectivity index is 0.000000247. The van der Waals surface area contributed by atoms with Gasteiger partial charge >= 0.3 is 11.9 Å². The van der Waals surface area contributed by atoms with E-state index >= 15 is 0 Å². The number of amides is 1. The number of hydrogen-bond acceptors (Lipinski definition) is 17. The number of halogens is 14. The molecule has 602 valence electrons. The van der Waals surface area contributed by atoms with Crippen molar-refractivity contribution in [3.05, 3.63) is 345 Å². The lowest BCUT2D eigenvalue weighted by atomic mass is 10.0. The third kappa shape index (κ3) is 30.0. The summed E-state index contributed by atoms with van der Waals surface area (Å²) in [7, 11) is 8.72. The molecule has 0 aromatic heterocycles. The molecule has 0 aliphatic carbocycles. The first-order valence-corrected chi connectivity index (χ1v) is 37.0. The van der Waals surface area contributed by atoms with Crippen LogP contribution in [0, 0.1) is 63.1 Å². The summed E-state index contributed by atoms with van der Waals surface area (Å²) < 4.78 is 93.0. The van der Waals surface area contributed by atoms with Gasteiger partial charge in [-0.1, -0.05) is 117 Å². The number of carbonyl (C=O) groups is 7. The van der Waals surface area contributed by atoms with Crippen LogP contribution < -0.4 is 23.7 Å². The number of ether oxygens (including phenoxy) is 5. The zero-order chi connectivity index (χ0) is 87.1. The van der Waals surface area contributed by atoms with Crippen LogP contribution in [-0.4, -0.2) is 111 Å². The second-order valence-electron chi connectivity index (χ2n) is 22.7. The Morgan fingerprint density at radius 3 is 0.966 bits per heavy atom. The number of carboxylic acids is 2. The standard InChI is InChI=1S/C16H9ClFNO4.C15H9ClFNO2.C14H9BrClFO2.C14H7ClFNO2.C10H12ClNO3.C8H7ClO3.C6H3Br2F/c17-11-1-2-14(23-8-15(20)21)13(6-11)16(22)10-3-9(7-19)4-12(18)5-10;1-20-14-3-2-11(16)7-13(14)15(19)10-4-9(8-18)5-12(17)6-10;1-19-13-3-2-10(16)7-12(13)14(18)8-4-9(15)6-11(17)5-8;15-10-1-2-13(18)12(6-10)14(19)9-3-8(7-17)4-11(16)5-9;1-12(15-3)10(13)8-6-7(11)4-5-9(8)14-2;1-12-7-3-2-5(9)4-6(7)8(10)11;7-4-1-5(8)3-6(9)2-4/h1-6H,8H2,(H,20,21);2-7H,1H3;2-7H,1H3;1-6,18H;4-6H,1-3H3;2-4H,1H3,(H,10,11);1-3H. The maximum Gasteiger partial charge on any atom is 0.341 e. The molecule has 0 radical (unpaired) electrons. The molecule has 3 N–H and O–H groups in total. The molecule has 34 heteroatoms. The van der Waals surface area contributed by atoms with Gasteiger partial charge in [0.2, 0.25) is 0 Å². The highest BCUT2D eigenvalue weighted by Gasteiger charge is 2.23. The highest BCUT2D eigenvalue weighted by Crippen LogP contribution is 2.32. The fourth-order valence-electron chi connectivity index (χ4n) is 9.48. The van der Waals surface area contributed by atoms with Crippen molar-refractivity contribution in [2.75, 3.05) is 49.2 Å². The zero-order valence-electron chi connectivity index (χ0n) is 61.0. The van der Waals surface area contributed by atoms with Gasteiger partial charge in [0, 0.05) is 72.9 Å². The minimum absolute atomic E-state index is 0.00423. The lowest BCUT2D eigenvalue weighted by Crippen LogP contribution is -2.25. The van der Waals surface area contributed by atoms with E-state index < -0.39 is 59.2 Å². The van der Waals surface area contributed by atoms with E-state index in [9.17, 15) is 60.6 Å². The topological polar surface area (TPSA) is 310 Å². The third-order valence-electron chi connectivity index (χ3n) is 14.7. The molecular formula is C83H56Br3Cl6F5N4O16. The summed E-state index contributed by atoms with van der Waals surface area (Å²) in [6.45, 7) is -0.644. The van der Waals surface area contributed by atoms with Crippen molar-refractivity contribution in [3.8, 4) is 52.7 Å². The van der Waals surface area contributed by atoms with Crippen molar-refractivity contribution in [2.45, 2.75) is 0 Å². The van der Waals surface area contributed by atoms with Gasteiger partial charge in [-0.25, -0.2) is 36.6 Å². The molecule has 1 amide bonds. The summed E-state index contributed by atoms with van der Waals surface area (Å²) in [6.07, 6.45) is 0. The van der Waals surface area contributed by atoms with Gasteiger partial charge < -0.3 is 39.0 Å². The summed E-state index contributed by atoms with van der Waals surface area (Å²) in [4.78, 5) is 87.2. The van der Waals surface area contributed by atoms with Crippen LogP contribution >= 0.6 is 117 Å². The maximum atomic E-state index is 13.5. The van der Waals surface area contributed by atoms with Crippen LogP contribution in [0.15, 0.2) is 214 Å². The zero-order valence-corrected chi connectivity index (χ0v) is 70.3. The number of methoxy groups -OCH3 is 4. The molecule has 0 aliphatic rings. The van der Waals surface area contributed by atoms with Crippen LogP contribution in [-0.2, 0) is 9.63 Å². The lowest BCUT2D eigenvalue weighted by Gasteiger charge is -2.15. The number of rotatable bonds is 18. The summed E-state index contributed by atoms with van der Waals surface area (Å²) in [5.41, 5.74) is 1.21. The number of aromatic hydroxyl groups is 1. The number of carboxylic acid groups (broad SMARTS) is 2. The fourth-order valence-corrected chi connectivity index (χ4v) is 12.2. The van der Waals surface area contributed by atoms with Crippen LogP contribution in [0.2, 0.25) is 30.1 Å². The first-order valence-electron chi connectivity index (χ1n) is 32.3. The molecule has 0 saturated heterocycles. The molecule has 11 aromatic rings. The number of nitriles is 3. The molecule has 0 unspecified atom stereocenters. The Bertz CT molecular complexity index is 5610. The number of hydroxylamine groups is 2. The second kappa shape index (κ2) is 46.9. The predicted octanol–water partition coefficient (Wildman–Crippen LogP) is 21.8. The first kappa shape index (κ1) is 96.2. The molecule has 0 fully saturated rings. The molecule has 0 aliphatic heterocycles. The molecule has 11 rings (SSSR count). The number of benzene rings is 11. The number of hydrogen-bond donors (Lipinski definition) is 3. The van der Waals surface area contributed by atoms with Crippen LogP contribution in [0.3, 0.4) is 0 Å². The van der Waals surface area contributed by atoms with E-state index in [1.54, 1.807) is 72.8 Å². The molecule has 0 heterocycles. The average Bonchev–Trinajstić information content (AvgIpc) is 0.864. The molecule has 0 atom stereocenters. The van der Waals surface area contributed by atoms with Gasteiger partial charge in [-0.15, -0.1) is 0 Å². The van der Waals surface area contributed by atoms with Gasteiger partial charge in [-0.3, -0.25) is 28.8 Å². The number of phenolic OH excluding ortho intramolecular Hbond substituents is 1. The molecule has 11 aromatic carbocycles. The number of phenols is 1. The summed E-state index contributed by atoms with van der Waals surface area (Å²) in [5, 5.41) is 56.6. The van der Waals surface area contributed by atoms with E-state index in [2.05, 4.69) is 47.8 Å². The van der Waals surface area contributed by atoms with Gasteiger partial charge in [0.1, 0.15) is 69.1 Å². The van der Waals surface area contributed by atoms with Crippen molar-refractivity contribution >= 4 is 158 Å². The van der Waals surface area contributed by atoms with Gasteiger partial charge in [0.05, 0.1) is 98.3 Å². The van der Waals surface area contributed by atoms with E-state index in [0.29, 0.717) is 58.7 Å². The van der Waals surface area contributed by atoms with Gasteiger partial charge in [-0.2, -0.15) is 15.8 Å². The quantitative estimate of drug-likeness (QED) is 0.0408. The molecule has 0 spiro atoms. The monoisotopic (exact) mass is 1910 g/mol. The highest BCUT2D eigenvalue weighted by atomic mass is 79.9. The number of nitrogens with zero attached hydrogens (tertiary/aromatic N) is 4. The SMILES string of the molecule is COc1ccc(Cl)cc1C(=O)N(C)OC.COc1ccc(Cl)cc1C(=O)O.COc1ccc(Cl)cc1C(=O)c1cc(F)cc(Br)c1.COc1ccc(Cl)cc1C(=O)c1cc(F)cc(C#N)c1.Fc1cc(Br)cc(Br)c1.N#Cc1cc(F)cc(C(=O)c2cc(Cl)ccc2O)c1.N#Cc1cc(F)cc(C(=O)c2cc(Cl)ccc2OCC(=O)O)c1. The van der Waals surface area contributed by atoms with E-state index in [1.807, 2.05) is 0 Å². The fraction of sp³-hybridized carbons (Fsp3) is 0.0843. The Kier molecular flexibility index (Phi) is 38.6. The van der Waals surface area contributed by atoms with Crippen molar-refractivity contribution < 1.29 is 99.4 Å². The van der Waals surface area contributed by atoms with Crippen LogP contribution in [0.1, 0.15) is 101 Å². The maximum absolute atomic E-state index is 13.5. The highest BCUT2D eigenvalue weighted by molar-refractivity contribution is 9.11. The summed E-state index contributed by atoms with van der Waals surface area (Å²) >= 11 is 44.2. The van der Waals surface area contributed by atoms with Crippen LogP contribution in [0.5, 0.6) is 34.5 Å². The molecule has 0 bridgehead atoms. The smallest absolute Gasteiger partial charge is 0.341 e. The largest absolute Gasteiger partial charge is 0.507 e. The first-order chi connectivity index (χ1) is 55.4. The third-order valence-corrected chi connectivity index (χ3v) is 17.5. The second-order valence-corrected chi connectivity index (χ2v) is 28.1. The number of aromatic carboxylic acids is 1.